The van der Waals surface area contributed by atoms with Crippen molar-refractivity contribution in [2.75, 3.05) is 14.2 Å². The Balaban J connectivity index is 1.69. The monoisotopic (exact) mass is 481 g/mol. The number of nitrogens with zero attached hydrogens (tertiary/aromatic N) is 3. The van der Waals surface area contributed by atoms with E-state index in [-0.39, 0.29) is 30.3 Å². The predicted molar refractivity (Wildman–Crippen MR) is 129 cm³/mol. The average Bonchev–Trinajstić information content (AvgIpc) is 3.28. The fourth-order valence-corrected chi connectivity index (χ4v) is 4.22. The molecule has 0 spiro atoms. The second-order valence-electron chi connectivity index (χ2n) is 7.91. The van der Waals surface area contributed by atoms with Gasteiger partial charge in [0.2, 0.25) is 5.91 Å². The van der Waals surface area contributed by atoms with Crippen molar-refractivity contribution in [1.82, 2.24) is 9.99 Å². The van der Waals surface area contributed by atoms with Gasteiger partial charge in [0.15, 0.2) is 0 Å². The maximum Gasteiger partial charge on any atom is 0.303 e. The first kappa shape index (κ1) is 23.5. The van der Waals surface area contributed by atoms with E-state index in [0.29, 0.717) is 23.3 Å². The molecule has 34 heavy (non-hydrogen) atoms. The quantitative estimate of drug-likeness (QED) is 0.462. The zero-order valence-electron chi connectivity index (χ0n) is 18.8. The van der Waals surface area contributed by atoms with Gasteiger partial charge in [-0.15, -0.1) is 0 Å². The minimum Gasteiger partial charge on any atom is -0.497 e. The van der Waals surface area contributed by atoms with Crippen molar-refractivity contribution in [3.63, 3.8) is 0 Å². The van der Waals surface area contributed by atoms with Crippen LogP contribution in [0.1, 0.15) is 42.9 Å². The van der Waals surface area contributed by atoms with E-state index < -0.39 is 12.0 Å². The van der Waals surface area contributed by atoms with Gasteiger partial charge in [-0.2, -0.15) is 5.10 Å². The molecule has 0 saturated heterocycles. The van der Waals surface area contributed by atoms with Gasteiger partial charge in [-0.3, -0.25) is 9.59 Å². The third-order valence-electron chi connectivity index (χ3n) is 5.73. The molecular weight excluding hydrogens is 458 g/mol. The lowest BCUT2D eigenvalue weighted by atomic mass is 9.98. The fraction of sp³-hybridized carbons (Fsp3) is 0.280. The summed E-state index contributed by atoms with van der Waals surface area (Å²) in [5.41, 5.74) is 2.95. The van der Waals surface area contributed by atoms with Gasteiger partial charge in [0, 0.05) is 36.3 Å². The van der Waals surface area contributed by atoms with Gasteiger partial charge in [0.05, 0.1) is 31.5 Å². The Bertz CT molecular complexity index is 1260. The second-order valence-corrected chi connectivity index (χ2v) is 8.27. The Morgan fingerprint density at radius 1 is 1.06 bits per heavy atom. The number of pyridine rings is 1. The molecule has 0 unspecified atom stereocenters. The Labute approximate surface area is 201 Å². The van der Waals surface area contributed by atoms with Crippen LogP contribution in [0.5, 0.6) is 11.5 Å². The average molecular weight is 482 g/mol. The van der Waals surface area contributed by atoms with Crippen LogP contribution in [0, 0.1) is 0 Å². The summed E-state index contributed by atoms with van der Waals surface area (Å²) in [6, 6.07) is 14.4. The maximum absolute atomic E-state index is 13.1. The molecular formula is C25H24ClN3O5. The fourth-order valence-electron chi connectivity index (χ4n) is 3.95. The summed E-state index contributed by atoms with van der Waals surface area (Å²) in [6.07, 6.45) is 0.659. The van der Waals surface area contributed by atoms with Gasteiger partial charge in [-0.05, 0) is 54.4 Å². The van der Waals surface area contributed by atoms with E-state index in [9.17, 15) is 9.59 Å². The van der Waals surface area contributed by atoms with Crippen molar-refractivity contribution < 1.29 is 24.2 Å². The van der Waals surface area contributed by atoms with Gasteiger partial charge in [0.25, 0.3) is 0 Å². The first-order valence-electron chi connectivity index (χ1n) is 10.8. The number of methoxy groups -OCH3 is 2. The largest absolute Gasteiger partial charge is 0.497 e. The Morgan fingerprint density at radius 2 is 1.76 bits per heavy atom. The van der Waals surface area contributed by atoms with Crippen molar-refractivity contribution in [1.29, 1.82) is 0 Å². The van der Waals surface area contributed by atoms with Gasteiger partial charge in [-0.1, -0.05) is 11.6 Å². The van der Waals surface area contributed by atoms with E-state index in [1.807, 2.05) is 42.5 Å². The second kappa shape index (κ2) is 10.1. The molecule has 9 heteroatoms. The molecule has 2 aromatic carbocycles. The summed E-state index contributed by atoms with van der Waals surface area (Å²) in [6.45, 7) is 0. The highest BCUT2D eigenvalue weighted by Gasteiger charge is 2.34. The SMILES string of the molecule is COc1ccc(C2=NN(C(=O)CCCC(=O)O)[C@@H](c3cc4ccc(OC)cc4nc3Cl)C2)cc1. The van der Waals surface area contributed by atoms with Crippen LogP contribution in [0.15, 0.2) is 53.6 Å². The minimum atomic E-state index is -0.939. The summed E-state index contributed by atoms with van der Waals surface area (Å²) in [5, 5.41) is 16.1. The van der Waals surface area contributed by atoms with Crippen LogP contribution in [-0.4, -0.2) is 46.9 Å². The number of carboxylic acids is 1. The normalized spacial score (nSPS) is 15.3. The number of ether oxygens (including phenoxy) is 2. The highest BCUT2D eigenvalue weighted by atomic mass is 35.5. The molecule has 0 fully saturated rings. The number of amides is 1. The van der Waals surface area contributed by atoms with Crippen LogP contribution >= 0.6 is 11.6 Å². The van der Waals surface area contributed by atoms with Crippen molar-refractivity contribution >= 4 is 40.1 Å². The number of carbonyl (C=O) groups is 2. The molecule has 1 atom stereocenters. The minimum absolute atomic E-state index is 0.0675. The van der Waals surface area contributed by atoms with Crippen LogP contribution in [-0.2, 0) is 9.59 Å². The lowest BCUT2D eigenvalue weighted by molar-refractivity contribution is -0.137. The summed E-state index contributed by atoms with van der Waals surface area (Å²) < 4.78 is 10.5. The van der Waals surface area contributed by atoms with E-state index >= 15 is 0 Å². The Hall–Kier alpha value is -3.65. The van der Waals surface area contributed by atoms with Gasteiger partial charge >= 0.3 is 5.97 Å². The van der Waals surface area contributed by atoms with E-state index in [1.165, 1.54) is 5.01 Å². The van der Waals surface area contributed by atoms with Gasteiger partial charge in [-0.25, -0.2) is 9.99 Å². The molecule has 1 aromatic heterocycles. The topological polar surface area (TPSA) is 101 Å². The van der Waals surface area contributed by atoms with E-state index in [1.54, 1.807) is 20.3 Å². The van der Waals surface area contributed by atoms with Gasteiger partial charge in [0.1, 0.15) is 16.7 Å². The molecule has 176 valence electrons. The number of rotatable bonds is 8. The number of hydrogen-bond acceptors (Lipinski definition) is 6. The molecule has 1 N–H and O–H groups in total. The van der Waals surface area contributed by atoms with Crippen LogP contribution in [0.25, 0.3) is 10.9 Å². The van der Waals surface area contributed by atoms with Crippen LogP contribution in [0.2, 0.25) is 5.15 Å². The number of benzene rings is 2. The third-order valence-corrected chi connectivity index (χ3v) is 6.04. The predicted octanol–water partition coefficient (Wildman–Crippen LogP) is 4.84. The molecule has 0 aliphatic carbocycles. The summed E-state index contributed by atoms with van der Waals surface area (Å²) in [4.78, 5) is 28.5. The number of halogens is 1. The third kappa shape index (κ3) is 4.97. The highest BCUT2D eigenvalue weighted by molar-refractivity contribution is 6.30. The van der Waals surface area contributed by atoms with E-state index in [0.717, 1.165) is 22.4 Å². The number of aromatic nitrogens is 1. The highest BCUT2D eigenvalue weighted by Crippen LogP contribution is 2.38. The molecule has 0 bridgehead atoms. The smallest absolute Gasteiger partial charge is 0.303 e. The van der Waals surface area contributed by atoms with Crippen molar-refractivity contribution in [3.05, 3.63) is 64.8 Å². The van der Waals surface area contributed by atoms with Crippen molar-refractivity contribution in [3.8, 4) is 11.5 Å². The molecule has 0 radical (unpaired) electrons. The lowest BCUT2D eigenvalue weighted by Crippen LogP contribution is -2.27. The number of carboxylic acid groups (broad SMARTS) is 1. The van der Waals surface area contributed by atoms with Crippen LogP contribution < -0.4 is 9.47 Å². The molecule has 0 saturated carbocycles. The van der Waals surface area contributed by atoms with Crippen LogP contribution in [0.4, 0.5) is 0 Å². The molecule has 1 aliphatic heterocycles. The Kier molecular flexibility index (Phi) is 6.98. The number of carbonyl (C=O) groups excluding carboxylic acids is 1. The lowest BCUT2D eigenvalue weighted by Gasteiger charge is -2.23. The van der Waals surface area contributed by atoms with E-state index in [2.05, 4.69) is 10.1 Å². The number of hydrogen-bond donors (Lipinski definition) is 1. The Morgan fingerprint density at radius 3 is 2.44 bits per heavy atom. The summed E-state index contributed by atoms with van der Waals surface area (Å²) >= 11 is 6.59. The number of hydrazone groups is 1. The molecule has 2 heterocycles. The standard InChI is InChI=1S/C25H24ClN3O5/c1-33-17-9-6-15(7-10-17)21-14-22(29(28-21)23(30)4-3-5-24(31)32)19-12-16-8-11-18(34-2)13-20(16)27-25(19)26/h6-13,22H,3-5,14H2,1-2H3,(H,31,32)/t22-/m1/s1. The van der Waals surface area contributed by atoms with E-state index in [4.69, 9.17) is 26.2 Å². The van der Waals surface area contributed by atoms with Crippen molar-refractivity contribution in [2.24, 2.45) is 5.10 Å². The molecule has 1 aliphatic rings. The maximum atomic E-state index is 13.1. The molecule has 1 amide bonds. The molecule has 3 aromatic rings. The molecule has 4 rings (SSSR count). The zero-order valence-corrected chi connectivity index (χ0v) is 19.6. The molecule has 8 nitrogen and oxygen atoms in total. The summed E-state index contributed by atoms with van der Waals surface area (Å²) in [5.74, 6) is 0.189. The van der Waals surface area contributed by atoms with Gasteiger partial charge < -0.3 is 14.6 Å². The first-order chi connectivity index (χ1) is 16.4. The number of aliphatic carboxylic acids is 1. The zero-order chi connectivity index (χ0) is 24.2. The number of fused-ring (bicyclic) bond motifs is 1. The summed E-state index contributed by atoms with van der Waals surface area (Å²) in [7, 11) is 3.18. The van der Waals surface area contributed by atoms with Crippen LogP contribution in [0.3, 0.4) is 0 Å². The first-order valence-corrected chi connectivity index (χ1v) is 11.2. The van der Waals surface area contributed by atoms with Crippen molar-refractivity contribution in [2.45, 2.75) is 31.7 Å².